The van der Waals surface area contributed by atoms with Crippen LogP contribution < -0.4 is 0 Å². The molecule has 102 valence electrons. The van der Waals surface area contributed by atoms with Crippen LogP contribution in [-0.4, -0.2) is 15.0 Å². The third-order valence-corrected chi connectivity index (χ3v) is 4.31. The zero-order valence-electron chi connectivity index (χ0n) is 10.7. The first-order chi connectivity index (χ1) is 10.3. The number of hydrogen-bond acceptors (Lipinski definition) is 5. The van der Waals surface area contributed by atoms with E-state index in [1.54, 1.807) is 12.4 Å². The van der Waals surface area contributed by atoms with Crippen LogP contribution in [0.3, 0.4) is 0 Å². The van der Waals surface area contributed by atoms with E-state index < -0.39 is 0 Å². The van der Waals surface area contributed by atoms with Crippen molar-refractivity contribution in [1.29, 1.82) is 0 Å². The normalized spacial score (nSPS) is 11.3. The molecule has 0 radical (unpaired) electrons. The Morgan fingerprint density at radius 1 is 1.05 bits per heavy atom. The molecule has 0 bridgehead atoms. The summed E-state index contributed by atoms with van der Waals surface area (Å²) in [6.45, 7) is 0. The summed E-state index contributed by atoms with van der Waals surface area (Å²) in [4.78, 5) is 14.2. The number of hydrogen-bond donors (Lipinski definition) is 0. The summed E-state index contributed by atoms with van der Waals surface area (Å²) in [5, 5.41) is 0.605. The number of oxazole rings is 1. The van der Waals surface area contributed by atoms with Crippen molar-refractivity contribution in [2.45, 2.75) is 10.1 Å². The minimum absolute atomic E-state index is 0.605. The topological polar surface area (TPSA) is 51.8 Å². The summed E-state index contributed by atoms with van der Waals surface area (Å²) in [7, 11) is 0. The van der Waals surface area contributed by atoms with E-state index in [-0.39, 0.29) is 0 Å². The summed E-state index contributed by atoms with van der Waals surface area (Å²) in [5.41, 5.74) is 3.32. The van der Waals surface area contributed by atoms with Crippen molar-refractivity contribution in [2.75, 3.05) is 0 Å². The van der Waals surface area contributed by atoms with Crippen LogP contribution in [0.15, 0.2) is 67.8 Å². The summed E-state index contributed by atoms with van der Waals surface area (Å²) in [6.07, 6.45) is 3.53. The molecule has 21 heavy (non-hydrogen) atoms. The molecule has 0 atom stereocenters. The molecule has 4 nitrogen and oxygen atoms in total. The third-order valence-electron chi connectivity index (χ3n) is 2.98. The standard InChI is InChI=1S/C15H8BrN3OS/c16-9-7-11-14(18-8-9)13(5-6-17-11)21-15-19-10-3-1-2-4-12(10)20-15/h1-8H. The predicted octanol–water partition coefficient (Wildman–Crippen LogP) is 4.68. The third kappa shape index (κ3) is 2.41. The zero-order valence-corrected chi connectivity index (χ0v) is 13.1. The number of aromatic nitrogens is 3. The molecule has 3 aromatic heterocycles. The largest absolute Gasteiger partial charge is 0.431 e. The minimum atomic E-state index is 0.605. The molecule has 0 unspecified atom stereocenters. The molecule has 0 fully saturated rings. The van der Waals surface area contributed by atoms with Gasteiger partial charge >= 0.3 is 0 Å². The van der Waals surface area contributed by atoms with Crippen LogP contribution in [0.4, 0.5) is 0 Å². The van der Waals surface area contributed by atoms with Crippen LogP contribution in [-0.2, 0) is 0 Å². The van der Waals surface area contributed by atoms with Gasteiger partial charge in [-0.1, -0.05) is 12.1 Å². The summed E-state index contributed by atoms with van der Waals surface area (Å²) in [5.74, 6) is 0. The molecular formula is C15H8BrN3OS. The monoisotopic (exact) mass is 357 g/mol. The fourth-order valence-corrected chi connectivity index (χ4v) is 3.22. The second kappa shape index (κ2) is 5.13. The van der Waals surface area contributed by atoms with E-state index in [4.69, 9.17) is 4.42 Å². The highest BCUT2D eigenvalue weighted by molar-refractivity contribution is 9.10. The average Bonchev–Trinajstić information content (AvgIpc) is 2.89. The van der Waals surface area contributed by atoms with Gasteiger partial charge in [-0.05, 0) is 52.0 Å². The SMILES string of the molecule is Brc1cnc2c(Sc3nc4ccccc4o3)ccnc2c1. The second-order valence-electron chi connectivity index (χ2n) is 4.38. The van der Waals surface area contributed by atoms with Crippen molar-refractivity contribution < 1.29 is 4.42 Å². The molecule has 0 aliphatic rings. The number of halogens is 1. The summed E-state index contributed by atoms with van der Waals surface area (Å²) >= 11 is 4.86. The predicted molar refractivity (Wildman–Crippen MR) is 85.4 cm³/mol. The van der Waals surface area contributed by atoms with Gasteiger partial charge in [-0.2, -0.15) is 0 Å². The highest BCUT2D eigenvalue weighted by Crippen LogP contribution is 2.33. The van der Waals surface area contributed by atoms with Gasteiger partial charge in [0.2, 0.25) is 0 Å². The van der Waals surface area contributed by atoms with E-state index in [1.165, 1.54) is 11.8 Å². The Balaban J connectivity index is 1.80. The minimum Gasteiger partial charge on any atom is -0.431 e. The van der Waals surface area contributed by atoms with E-state index in [2.05, 4.69) is 30.9 Å². The van der Waals surface area contributed by atoms with Crippen molar-refractivity contribution in [3.8, 4) is 0 Å². The molecule has 1 aromatic carbocycles. The first-order valence-corrected chi connectivity index (χ1v) is 7.84. The highest BCUT2D eigenvalue weighted by Gasteiger charge is 2.11. The molecule has 4 rings (SSSR count). The van der Waals surface area contributed by atoms with E-state index in [1.807, 2.05) is 36.4 Å². The molecule has 0 amide bonds. The molecule has 0 spiro atoms. The van der Waals surface area contributed by atoms with E-state index in [0.717, 1.165) is 31.5 Å². The van der Waals surface area contributed by atoms with Gasteiger partial charge in [0.15, 0.2) is 5.58 Å². The van der Waals surface area contributed by atoms with E-state index in [9.17, 15) is 0 Å². The Kier molecular flexibility index (Phi) is 3.12. The number of benzene rings is 1. The molecule has 0 saturated heterocycles. The molecule has 0 aliphatic heterocycles. The van der Waals surface area contributed by atoms with Crippen LogP contribution in [0.1, 0.15) is 0 Å². The van der Waals surface area contributed by atoms with Crippen LogP contribution in [0.2, 0.25) is 0 Å². The van der Waals surface area contributed by atoms with Gasteiger partial charge in [0.1, 0.15) is 11.0 Å². The van der Waals surface area contributed by atoms with Gasteiger partial charge in [-0.15, -0.1) is 0 Å². The van der Waals surface area contributed by atoms with Crippen LogP contribution in [0, 0.1) is 0 Å². The fraction of sp³-hybridized carbons (Fsp3) is 0. The maximum Gasteiger partial charge on any atom is 0.261 e. The first kappa shape index (κ1) is 12.8. The van der Waals surface area contributed by atoms with E-state index in [0.29, 0.717) is 5.22 Å². The smallest absolute Gasteiger partial charge is 0.261 e. The molecule has 0 saturated carbocycles. The summed E-state index contributed by atoms with van der Waals surface area (Å²) in [6, 6.07) is 11.6. The molecule has 6 heteroatoms. The van der Waals surface area contributed by atoms with Gasteiger partial charge in [-0.3, -0.25) is 9.97 Å². The number of pyridine rings is 2. The lowest BCUT2D eigenvalue weighted by molar-refractivity contribution is 0.489. The van der Waals surface area contributed by atoms with Crippen molar-refractivity contribution in [3.63, 3.8) is 0 Å². The summed E-state index contributed by atoms with van der Waals surface area (Å²) < 4.78 is 6.65. The number of rotatable bonds is 2. The number of nitrogens with zero attached hydrogens (tertiary/aromatic N) is 3. The van der Waals surface area contributed by atoms with Crippen LogP contribution in [0.5, 0.6) is 0 Å². The van der Waals surface area contributed by atoms with Gasteiger partial charge in [0.25, 0.3) is 5.22 Å². The maximum atomic E-state index is 5.74. The van der Waals surface area contributed by atoms with Crippen LogP contribution >= 0.6 is 27.7 Å². The fourth-order valence-electron chi connectivity index (χ4n) is 2.05. The molecule has 0 N–H and O–H groups in total. The highest BCUT2D eigenvalue weighted by atomic mass is 79.9. The Bertz CT molecular complexity index is 921. The van der Waals surface area contributed by atoms with Crippen molar-refractivity contribution in [2.24, 2.45) is 0 Å². The zero-order chi connectivity index (χ0) is 14.2. The lowest BCUT2D eigenvalue weighted by atomic mass is 10.3. The lowest BCUT2D eigenvalue weighted by Crippen LogP contribution is -1.86. The van der Waals surface area contributed by atoms with Gasteiger partial charge in [-0.25, -0.2) is 4.98 Å². The van der Waals surface area contributed by atoms with Crippen molar-refractivity contribution >= 4 is 49.8 Å². The van der Waals surface area contributed by atoms with Gasteiger partial charge in [0.05, 0.1) is 5.52 Å². The maximum absolute atomic E-state index is 5.74. The second-order valence-corrected chi connectivity index (χ2v) is 6.29. The molecule has 0 aliphatic carbocycles. The lowest BCUT2D eigenvalue weighted by Gasteiger charge is -2.02. The number of para-hydroxylation sites is 2. The quantitative estimate of drug-likeness (QED) is 0.521. The number of fused-ring (bicyclic) bond motifs is 2. The first-order valence-electron chi connectivity index (χ1n) is 6.23. The van der Waals surface area contributed by atoms with Gasteiger partial charge in [0, 0.05) is 21.8 Å². The van der Waals surface area contributed by atoms with Crippen LogP contribution in [0.25, 0.3) is 22.1 Å². The molecule has 3 heterocycles. The van der Waals surface area contributed by atoms with E-state index >= 15 is 0 Å². The molecular weight excluding hydrogens is 350 g/mol. The Morgan fingerprint density at radius 3 is 2.86 bits per heavy atom. The Labute approximate surface area is 132 Å². The van der Waals surface area contributed by atoms with Crippen molar-refractivity contribution in [3.05, 3.63) is 53.3 Å². The van der Waals surface area contributed by atoms with Crippen molar-refractivity contribution in [1.82, 2.24) is 15.0 Å². The Morgan fingerprint density at radius 2 is 1.95 bits per heavy atom. The molecule has 4 aromatic rings. The Hall–Kier alpha value is -1.92. The average molecular weight is 358 g/mol. The van der Waals surface area contributed by atoms with Gasteiger partial charge < -0.3 is 4.42 Å².